The number of benzene rings is 3. The molecule has 0 aliphatic carbocycles. The van der Waals surface area contributed by atoms with Gasteiger partial charge in [0.15, 0.2) is 0 Å². The summed E-state index contributed by atoms with van der Waals surface area (Å²) in [5, 5.41) is 5.77. The zero-order valence-corrected chi connectivity index (χ0v) is 20.0. The lowest BCUT2D eigenvalue weighted by Crippen LogP contribution is -2.55. The quantitative estimate of drug-likeness (QED) is 0.187. The standard InChI is InChI=1S/C27H26F6N2O2/c1-18(35-19(2)34-17-36)25(21-9-5-3-6-10-21,22-11-7-4-8-12-22)37-16-20-13-23(26(28,29)30)15-24(14-20)27(31,32)33/h3-15,17-19,35H,16H2,1-2H3,(H,34,36). The number of rotatable bonds is 10. The minimum Gasteiger partial charge on any atom is -0.359 e. The molecule has 0 saturated carbocycles. The molecule has 2 atom stereocenters. The number of nitrogens with one attached hydrogen (secondary N) is 2. The minimum atomic E-state index is -4.98. The molecule has 37 heavy (non-hydrogen) atoms. The van der Waals surface area contributed by atoms with Crippen LogP contribution in [0.4, 0.5) is 26.3 Å². The van der Waals surface area contributed by atoms with Gasteiger partial charge in [-0.25, -0.2) is 0 Å². The van der Waals surface area contributed by atoms with Gasteiger partial charge in [0.2, 0.25) is 6.41 Å². The second-order valence-electron chi connectivity index (χ2n) is 8.57. The van der Waals surface area contributed by atoms with Crippen molar-refractivity contribution in [1.82, 2.24) is 10.6 Å². The van der Waals surface area contributed by atoms with Crippen LogP contribution in [0.1, 0.15) is 41.7 Å². The monoisotopic (exact) mass is 524 g/mol. The Morgan fingerprint density at radius 3 is 1.62 bits per heavy atom. The van der Waals surface area contributed by atoms with Gasteiger partial charge in [-0.3, -0.25) is 10.1 Å². The van der Waals surface area contributed by atoms with E-state index in [1.165, 1.54) is 0 Å². The number of ether oxygens (including phenoxy) is 1. The average molecular weight is 525 g/mol. The van der Waals surface area contributed by atoms with Crippen molar-refractivity contribution in [3.63, 3.8) is 0 Å². The third-order valence-corrected chi connectivity index (χ3v) is 5.95. The van der Waals surface area contributed by atoms with E-state index in [9.17, 15) is 31.1 Å². The summed E-state index contributed by atoms with van der Waals surface area (Å²) in [6.45, 7) is 2.89. The average Bonchev–Trinajstić information content (AvgIpc) is 2.84. The summed E-state index contributed by atoms with van der Waals surface area (Å²) >= 11 is 0. The molecule has 0 aromatic heterocycles. The van der Waals surface area contributed by atoms with Gasteiger partial charge in [0.05, 0.1) is 23.9 Å². The van der Waals surface area contributed by atoms with E-state index in [2.05, 4.69) is 10.6 Å². The van der Waals surface area contributed by atoms with Crippen molar-refractivity contribution in [3.8, 4) is 0 Å². The zero-order valence-electron chi connectivity index (χ0n) is 20.0. The van der Waals surface area contributed by atoms with Gasteiger partial charge in [0, 0.05) is 6.04 Å². The predicted octanol–water partition coefficient (Wildman–Crippen LogP) is 6.25. The van der Waals surface area contributed by atoms with Gasteiger partial charge in [0.25, 0.3) is 0 Å². The van der Waals surface area contributed by atoms with Gasteiger partial charge in [-0.15, -0.1) is 0 Å². The molecule has 198 valence electrons. The van der Waals surface area contributed by atoms with Crippen molar-refractivity contribution in [2.45, 2.75) is 50.6 Å². The van der Waals surface area contributed by atoms with Crippen LogP contribution in [-0.4, -0.2) is 18.6 Å². The first-order valence-corrected chi connectivity index (χ1v) is 11.4. The Morgan fingerprint density at radius 2 is 1.22 bits per heavy atom. The molecular formula is C27H26F6N2O2. The second kappa shape index (κ2) is 11.4. The molecule has 0 radical (unpaired) electrons. The fourth-order valence-electron chi connectivity index (χ4n) is 4.27. The molecule has 0 aliphatic heterocycles. The number of amides is 1. The highest BCUT2D eigenvalue weighted by Gasteiger charge is 2.42. The van der Waals surface area contributed by atoms with Crippen molar-refractivity contribution in [2.75, 3.05) is 0 Å². The Bertz CT molecular complexity index is 1100. The number of hydrogen-bond donors (Lipinski definition) is 2. The van der Waals surface area contributed by atoms with Crippen LogP contribution in [0.3, 0.4) is 0 Å². The van der Waals surface area contributed by atoms with E-state index in [1.54, 1.807) is 74.5 Å². The number of carbonyl (C=O) groups is 1. The zero-order chi connectivity index (χ0) is 27.3. The van der Waals surface area contributed by atoms with Crippen LogP contribution in [-0.2, 0) is 34.1 Å². The van der Waals surface area contributed by atoms with Crippen LogP contribution in [0.25, 0.3) is 0 Å². The molecule has 0 fully saturated rings. The molecule has 1 amide bonds. The van der Waals surface area contributed by atoms with Crippen molar-refractivity contribution >= 4 is 6.41 Å². The molecule has 0 saturated heterocycles. The summed E-state index contributed by atoms with van der Waals surface area (Å²) in [6.07, 6.45) is -9.96. The summed E-state index contributed by atoms with van der Waals surface area (Å²) < 4.78 is 86.9. The van der Waals surface area contributed by atoms with Crippen molar-refractivity contribution in [2.24, 2.45) is 0 Å². The Morgan fingerprint density at radius 1 is 0.757 bits per heavy atom. The first-order valence-electron chi connectivity index (χ1n) is 11.4. The van der Waals surface area contributed by atoms with Gasteiger partial charge in [-0.05, 0) is 48.7 Å². The Kier molecular flexibility index (Phi) is 8.65. The maximum Gasteiger partial charge on any atom is 0.416 e. The molecule has 0 heterocycles. The summed E-state index contributed by atoms with van der Waals surface area (Å²) in [4.78, 5) is 11.0. The third kappa shape index (κ3) is 6.69. The highest BCUT2D eigenvalue weighted by atomic mass is 19.4. The summed E-state index contributed by atoms with van der Waals surface area (Å²) in [5.74, 6) is 0. The normalized spacial score (nSPS) is 14.2. The number of hydrogen-bond acceptors (Lipinski definition) is 3. The molecule has 4 nitrogen and oxygen atoms in total. The second-order valence-corrected chi connectivity index (χ2v) is 8.57. The van der Waals surface area contributed by atoms with Crippen molar-refractivity contribution in [1.29, 1.82) is 0 Å². The number of alkyl halides is 6. The smallest absolute Gasteiger partial charge is 0.359 e. The van der Waals surface area contributed by atoms with E-state index in [4.69, 9.17) is 4.74 Å². The maximum absolute atomic E-state index is 13.4. The Balaban J connectivity index is 2.14. The highest BCUT2D eigenvalue weighted by Crippen LogP contribution is 2.40. The van der Waals surface area contributed by atoms with Crippen LogP contribution in [0, 0.1) is 0 Å². The summed E-state index contributed by atoms with van der Waals surface area (Å²) in [5.41, 5.74) is -3.25. The van der Waals surface area contributed by atoms with Gasteiger partial charge < -0.3 is 10.1 Å². The highest BCUT2D eigenvalue weighted by molar-refractivity contribution is 5.46. The molecule has 0 spiro atoms. The minimum absolute atomic E-state index is 0.0854. The molecule has 2 N–H and O–H groups in total. The van der Waals surface area contributed by atoms with Crippen LogP contribution in [0.2, 0.25) is 0 Å². The molecule has 2 unspecified atom stereocenters. The van der Waals surface area contributed by atoms with E-state index in [1.807, 2.05) is 0 Å². The fourth-order valence-corrected chi connectivity index (χ4v) is 4.27. The van der Waals surface area contributed by atoms with Gasteiger partial charge in [0.1, 0.15) is 5.60 Å². The van der Waals surface area contributed by atoms with E-state index >= 15 is 0 Å². The van der Waals surface area contributed by atoms with Crippen molar-refractivity contribution < 1.29 is 35.9 Å². The summed E-state index contributed by atoms with van der Waals surface area (Å²) in [7, 11) is 0. The first-order chi connectivity index (χ1) is 17.4. The van der Waals surface area contributed by atoms with E-state index in [0.29, 0.717) is 29.7 Å². The largest absolute Gasteiger partial charge is 0.416 e. The fraction of sp³-hybridized carbons (Fsp3) is 0.296. The van der Waals surface area contributed by atoms with Gasteiger partial charge in [-0.2, -0.15) is 26.3 Å². The predicted molar refractivity (Wildman–Crippen MR) is 126 cm³/mol. The topological polar surface area (TPSA) is 50.4 Å². The van der Waals surface area contributed by atoms with Crippen LogP contribution >= 0.6 is 0 Å². The summed E-state index contributed by atoms with van der Waals surface area (Å²) in [6, 6.07) is 18.4. The Hall–Kier alpha value is -3.37. The lowest BCUT2D eigenvalue weighted by Gasteiger charge is -2.41. The third-order valence-electron chi connectivity index (χ3n) is 5.95. The SMILES string of the molecule is CC(NC=O)NC(C)C(OCc1cc(C(F)(F)F)cc(C(F)(F)F)c1)(c1ccccc1)c1ccccc1. The van der Waals surface area contributed by atoms with Crippen LogP contribution in [0.15, 0.2) is 78.9 Å². The van der Waals surface area contributed by atoms with Gasteiger partial charge in [-0.1, -0.05) is 60.7 Å². The molecule has 3 rings (SSSR count). The number of halogens is 6. The lowest BCUT2D eigenvalue weighted by atomic mass is 9.80. The van der Waals surface area contributed by atoms with E-state index in [0.717, 1.165) is 0 Å². The Labute approximate surface area is 210 Å². The van der Waals surface area contributed by atoms with Crippen molar-refractivity contribution in [3.05, 3.63) is 107 Å². The van der Waals surface area contributed by atoms with Crippen LogP contribution in [0.5, 0.6) is 0 Å². The molecule has 3 aromatic rings. The number of carbonyl (C=O) groups excluding carboxylic acids is 1. The molecule has 0 aliphatic rings. The molecule has 10 heteroatoms. The van der Waals surface area contributed by atoms with E-state index in [-0.39, 0.29) is 11.6 Å². The molecule has 0 bridgehead atoms. The van der Waals surface area contributed by atoms with Crippen LogP contribution < -0.4 is 10.6 Å². The molecular weight excluding hydrogens is 498 g/mol. The van der Waals surface area contributed by atoms with Gasteiger partial charge >= 0.3 is 12.4 Å². The maximum atomic E-state index is 13.4. The molecule has 3 aromatic carbocycles. The first kappa shape index (κ1) is 28.2. The van der Waals surface area contributed by atoms with E-state index < -0.39 is 47.9 Å². The lowest BCUT2D eigenvalue weighted by molar-refractivity contribution is -0.143.